The molecule has 0 aromatic heterocycles. The summed E-state index contributed by atoms with van der Waals surface area (Å²) in [6, 6.07) is 28.2. The Bertz CT molecular complexity index is 1310. The molecule has 2 N–H and O–H groups in total. The molecule has 0 aliphatic rings. The maximum atomic E-state index is 6.46. The number of benzene rings is 4. The van der Waals surface area contributed by atoms with Crippen LogP contribution in [0.5, 0.6) is 0 Å². The van der Waals surface area contributed by atoms with E-state index in [0.29, 0.717) is 20.1 Å². The molecule has 0 saturated carbocycles. The van der Waals surface area contributed by atoms with Crippen LogP contribution < -0.4 is 10.6 Å². The highest BCUT2D eigenvalue weighted by molar-refractivity contribution is 6.35. The van der Waals surface area contributed by atoms with Gasteiger partial charge in [-0.1, -0.05) is 95.0 Å². The van der Waals surface area contributed by atoms with Crippen molar-refractivity contribution in [2.75, 3.05) is 10.6 Å². The average Bonchev–Trinajstić information content (AvgIpc) is 2.90. The first-order valence-corrected chi connectivity index (χ1v) is 14.2. The number of nitrogens with one attached hydrogen (secondary N) is 2. The third-order valence-corrected chi connectivity index (χ3v) is 7.60. The van der Waals surface area contributed by atoms with E-state index in [4.69, 9.17) is 46.4 Å². The van der Waals surface area contributed by atoms with Crippen molar-refractivity contribution in [2.45, 2.75) is 31.3 Å². The molecule has 4 rings (SSSR count). The third kappa shape index (κ3) is 8.06. The monoisotopic (exact) mass is 594 g/mol. The minimum Gasteiger partial charge on any atom is -0.378 e. The van der Waals surface area contributed by atoms with Gasteiger partial charge >= 0.3 is 0 Å². The quantitative estimate of drug-likeness (QED) is 0.159. The SMILES string of the molecule is C=CC[C@@H](Nc1ccc(Cc2ccc(N[C@H](CC=C)c3ccc(Cl)cc3Cl)cc2)cc1)c1ccc(Cl)cc1Cl. The number of rotatable bonds is 12. The number of halogens is 4. The lowest BCUT2D eigenvalue weighted by Gasteiger charge is -2.21. The van der Waals surface area contributed by atoms with Crippen molar-refractivity contribution in [1.82, 2.24) is 0 Å². The first kappa shape index (κ1) is 29.1. The van der Waals surface area contributed by atoms with Crippen molar-refractivity contribution in [1.29, 1.82) is 0 Å². The third-order valence-electron chi connectivity index (χ3n) is 6.48. The highest BCUT2D eigenvalue weighted by Gasteiger charge is 2.15. The van der Waals surface area contributed by atoms with Crippen LogP contribution in [0.25, 0.3) is 0 Å². The molecule has 4 aromatic rings. The molecule has 39 heavy (non-hydrogen) atoms. The second-order valence-corrected chi connectivity index (χ2v) is 11.0. The molecule has 0 fully saturated rings. The summed E-state index contributed by atoms with van der Waals surface area (Å²) in [5, 5.41) is 9.67. The van der Waals surface area contributed by atoms with Gasteiger partial charge in [0.25, 0.3) is 0 Å². The van der Waals surface area contributed by atoms with E-state index in [1.165, 1.54) is 11.1 Å². The maximum Gasteiger partial charge on any atom is 0.0562 e. The standard InChI is InChI=1S/C33H30Cl4N2/c1-3-5-32(28-17-11-24(34)20-30(28)36)38-26-13-7-22(8-14-26)19-23-9-15-27(16-10-23)39-33(6-4-2)29-18-12-25(35)21-31(29)37/h3-4,7-18,20-21,32-33,38-39H,1-2,5-6,19H2/t32-,33-/m1/s1. The largest absolute Gasteiger partial charge is 0.378 e. The van der Waals surface area contributed by atoms with E-state index in [2.05, 4.69) is 72.3 Å². The van der Waals surface area contributed by atoms with Crippen molar-refractivity contribution >= 4 is 57.8 Å². The second kappa shape index (κ2) is 14.0. The molecular weight excluding hydrogens is 566 g/mol. The van der Waals surface area contributed by atoms with Gasteiger partial charge in [0, 0.05) is 31.5 Å². The van der Waals surface area contributed by atoms with E-state index in [0.717, 1.165) is 41.8 Å². The van der Waals surface area contributed by atoms with Crippen molar-refractivity contribution in [3.63, 3.8) is 0 Å². The highest BCUT2D eigenvalue weighted by Crippen LogP contribution is 2.32. The summed E-state index contributed by atoms with van der Waals surface area (Å²) in [6.07, 6.45) is 6.08. The van der Waals surface area contributed by atoms with Crippen LogP contribution in [0.15, 0.2) is 110 Å². The molecule has 2 atom stereocenters. The van der Waals surface area contributed by atoms with Gasteiger partial charge in [-0.3, -0.25) is 0 Å². The summed E-state index contributed by atoms with van der Waals surface area (Å²) in [6.45, 7) is 7.80. The molecule has 0 aliphatic carbocycles. The predicted molar refractivity (Wildman–Crippen MR) is 171 cm³/mol. The van der Waals surface area contributed by atoms with Crippen LogP contribution in [0.2, 0.25) is 20.1 Å². The Labute approximate surface area is 251 Å². The molecule has 0 saturated heterocycles. The molecule has 4 aromatic carbocycles. The normalized spacial score (nSPS) is 12.4. The van der Waals surface area contributed by atoms with Crippen LogP contribution in [0.1, 0.15) is 47.2 Å². The van der Waals surface area contributed by atoms with Gasteiger partial charge in [0.2, 0.25) is 0 Å². The Morgan fingerprint density at radius 1 is 0.564 bits per heavy atom. The lowest BCUT2D eigenvalue weighted by Crippen LogP contribution is -2.10. The maximum absolute atomic E-state index is 6.46. The van der Waals surface area contributed by atoms with Crippen LogP contribution in [0, 0.1) is 0 Å². The fourth-order valence-corrected chi connectivity index (χ4v) is 5.58. The van der Waals surface area contributed by atoms with Gasteiger partial charge in [0.05, 0.1) is 12.1 Å². The summed E-state index contributed by atoms with van der Waals surface area (Å²) in [5.74, 6) is 0. The number of anilines is 2. The van der Waals surface area contributed by atoms with Crippen molar-refractivity contribution in [2.24, 2.45) is 0 Å². The zero-order chi connectivity index (χ0) is 27.8. The lowest BCUT2D eigenvalue weighted by atomic mass is 10.0. The summed E-state index contributed by atoms with van der Waals surface area (Å²) in [7, 11) is 0. The smallest absolute Gasteiger partial charge is 0.0562 e. The second-order valence-electron chi connectivity index (χ2n) is 9.34. The van der Waals surface area contributed by atoms with E-state index < -0.39 is 0 Å². The zero-order valence-corrected chi connectivity index (χ0v) is 24.5. The Morgan fingerprint density at radius 3 is 1.28 bits per heavy atom. The van der Waals surface area contributed by atoms with Gasteiger partial charge in [-0.2, -0.15) is 0 Å². The van der Waals surface area contributed by atoms with E-state index in [1.807, 2.05) is 36.4 Å². The van der Waals surface area contributed by atoms with Gasteiger partial charge < -0.3 is 10.6 Å². The molecule has 2 nitrogen and oxygen atoms in total. The number of hydrogen-bond acceptors (Lipinski definition) is 2. The first-order valence-electron chi connectivity index (χ1n) is 12.7. The van der Waals surface area contributed by atoms with Gasteiger partial charge in [-0.15, -0.1) is 13.2 Å². The molecule has 0 amide bonds. The van der Waals surface area contributed by atoms with Crippen molar-refractivity contribution < 1.29 is 0 Å². The van der Waals surface area contributed by atoms with Gasteiger partial charge in [-0.05, 0) is 90.0 Å². The average molecular weight is 596 g/mol. The number of hydrogen-bond donors (Lipinski definition) is 2. The fourth-order valence-electron chi connectivity index (χ4n) is 4.50. The van der Waals surface area contributed by atoms with Gasteiger partial charge in [0.15, 0.2) is 0 Å². The molecule has 0 heterocycles. The predicted octanol–water partition coefficient (Wildman–Crippen LogP) is 11.3. The Hall–Kier alpha value is -2.88. The summed E-state index contributed by atoms with van der Waals surface area (Å²) in [5.41, 5.74) is 6.47. The van der Waals surface area contributed by atoms with Crippen molar-refractivity contribution in [3.05, 3.63) is 153 Å². The summed E-state index contributed by atoms with van der Waals surface area (Å²) in [4.78, 5) is 0. The van der Waals surface area contributed by atoms with Crippen molar-refractivity contribution in [3.8, 4) is 0 Å². The van der Waals surface area contributed by atoms with Gasteiger partial charge in [-0.25, -0.2) is 0 Å². The zero-order valence-electron chi connectivity index (χ0n) is 21.4. The highest BCUT2D eigenvalue weighted by atomic mass is 35.5. The molecule has 6 heteroatoms. The molecule has 0 unspecified atom stereocenters. The molecule has 0 bridgehead atoms. The van der Waals surface area contributed by atoms with Crippen LogP contribution in [0.3, 0.4) is 0 Å². The van der Waals surface area contributed by atoms with Gasteiger partial charge in [0.1, 0.15) is 0 Å². The molecule has 200 valence electrons. The minimum atomic E-state index is 0.00540. The summed E-state index contributed by atoms with van der Waals surface area (Å²) < 4.78 is 0. The van der Waals surface area contributed by atoms with Crippen LogP contribution >= 0.6 is 46.4 Å². The van der Waals surface area contributed by atoms with Crippen LogP contribution in [-0.2, 0) is 6.42 Å². The Morgan fingerprint density at radius 2 is 0.949 bits per heavy atom. The molecule has 0 spiro atoms. The topological polar surface area (TPSA) is 24.1 Å². The lowest BCUT2D eigenvalue weighted by molar-refractivity contribution is 0.799. The summed E-state index contributed by atoms with van der Waals surface area (Å²) >= 11 is 25.1. The molecule has 0 aliphatic heterocycles. The molecular formula is C33H30Cl4N2. The van der Waals surface area contributed by atoms with E-state index >= 15 is 0 Å². The van der Waals surface area contributed by atoms with E-state index in [-0.39, 0.29) is 12.1 Å². The van der Waals surface area contributed by atoms with Crippen LogP contribution in [0.4, 0.5) is 11.4 Å². The van der Waals surface area contributed by atoms with E-state index in [1.54, 1.807) is 12.1 Å². The fraction of sp³-hybridized carbons (Fsp3) is 0.152. The Kier molecular flexibility index (Phi) is 10.4. The first-order chi connectivity index (χ1) is 18.9. The van der Waals surface area contributed by atoms with E-state index in [9.17, 15) is 0 Å². The van der Waals surface area contributed by atoms with Crippen LogP contribution in [-0.4, -0.2) is 0 Å². The Balaban J connectivity index is 1.40. The molecule has 0 radical (unpaired) electrons. The minimum absolute atomic E-state index is 0.00540.